The number of hydrogen-bond donors (Lipinski definition) is 1. The molecule has 0 aliphatic carbocycles. The molecule has 1 aliphatic heterocycles. The molecule has 7 nitrogen and oxygen atoms in total. The highest BCUT2D eigenvalue weighted by atomic mass is 32.1. The highest BCUT2D eigenvalue weighted by molar-refractivity contribution is 7.13. The van der Waals surface area contributed by atoms with E-state index in [0.29, 0.717) is 17.9 Å². The molecular weight excluding hydrogens is 384 g/mol. The summed E-state index contributed by atoms with van der Waals surface area (Å²) < 4.78 is 7.63. The number of rotatable bonds is 5. The van der Waals surface area contributed by atoms with Gasteiger partial charge in [0.15, 0.2) is 0 Å². The van der Waals surface area contributed by atoms with Crippen LogP contribution in [0, 0.1) is 0 Å². The van der Waals surface area contributed by atoms with Gasteiger partial charge in [0.05, 0.1) is 4.70 Å². The van der Waals surface area contributed by atoms with Crippen LogP contribution in [-0.2, 0) is 6.54 Å². The molecule has 0 atom stereocenters. The second-order valence-corrected chi connectivity index (χ2v) is 8.22. The highest BCUT2D eigenvalue weighted by Crippen LogP contribution is 2.29. The molecule has 0 spiro atoms. The summed E-state index contributed by atoms with van der Waals surface area (Å²) in [4.78, 5) is 21.7. The molecule has 3 heterocycles. The van der Waals surface area contributed by atoms with Gasteiger partial charge in [-0.1, -0.05) is 12.1 Å². The first kappa shape index (κ1) is 19.6. The van der Waals surface area contributed by atoms with Gasteiger partial charge < -0.3 is 15.2 Å². The molecule has 0 bridgehead atoms. The molecule has 1 saturated heterocycles. The number of nitrogens with zero attached hydrogens (tertiary/aromatic N) is 5. The van der Waals surface area contributed by atoms with Crippen molar-refractivity contribution in [3.8, 4) is 0 Å². The molecule has 8 heteroatoms. The van der Waals surface area contributed by atoms with Crippen LogP contribution in [0.3, 0.4) is 0 Å². The molecule has 0 saturated carbocycles. The molecule has 2 aromatic heterocycles. The Morgan fingerprint density at radius 1 is 1.14 bits per heavy atom. The summed E-state index contributed by atoms with van der Waals surface area (Å²) in [5.74, 6) is 1.10. The normalized spacial score (nSPS) is 16.3. The van der Waals surface area contributed by atoms with E-state index < -0.39 is 0 Å². The van der Waals surface area contributed by atoms with Crippen molar-refractivity contribution in [2.45, 2.75) is 20.4 Å². The van der Waals surface area contributed by atoms with Gasteiger partial charge in [-0.3, -0.25) is 9.69 Å². The lowest BCUT2D eigenvalue weighted by Crippen LogP contribution is -2.47. The minimum atomic E-state index is -0.0811. The molecule has 0 radical (unpaired) electrons. The van der Waals surface area contributed by atoms with Gasteiger partial charge in [-0.25, -0.2) is 4.98 Å². The fourth-order valence-electron chi connectivity index (χ4n) is 3.60. The van der Waals surface area contributed by atoms with E-state index in [9.17, 15) is 4.79 Å². The van der Waals surface area contributed by atoms with Gasteiger partial charge in [-0.15, -0.1) is 0 Å². The summed E-state index contributed by atoms with van der Waals surface area (Å²) >= 11 is 1.56. The average molecular weight is 411 g/mol. The first-order valence-corrected chi connectivity index (χ1v) is 10.6. The molecule has 29 heavy (non-hydrogen) atoms. The largest absolute Gasteiger partial charge is 0.402 e. The van der Waals surface area contributed by atoms with Crippen molar-refractivity contribution in [3.05, 3.63) is 58.4 Å². The van der Waals surface area contributed by atoms with Crippen LogP contribution in [0.1, 0.15) is 19.5 Å². The quantitative estimate of drug-likeness (QED) is 0.696. The Hall–Kier alpha value is -2.71. The van der Waals surface area contributed by atoms with E-state index in [0.717, 1.165) is 44.1 Å². The van der Waals surface area contributed by atoms with E-state index in [1.54, 1.807) is 35.4 Å². The van der Waals surface area contributed by atoms with Crippen molar-refractivity contribution >= 4 is 33.0 Å². The highest BCUT2D eigenvalue weighted by Gasteiger charge is 2.20. The van der Waals surface area contributed by atoms with Crippen molar-refractivity contribution < 1.29 is 0 Å². The van der Waals surface area contributed by atoms with Gasteiger partial charge in [-0.05, 0) is 43.1 Å². The van der Waals surface area contributed by atoms with E-state index in [2.05, 4.69) is 43.4 Å². The van der Waals surface area contributed by atoms with Crippen molar-refractivity contribution in [3.63, 3.8) is 0 Å². The third-order valence-electron chi connectivity index (χ3n) is 5.55. The summed E-state index contributed by atoms with van der Waals surface area (Å²) in [7, 11) is 0. The van der Waals surface area contributed by atoms with Crippen LogP contribution in [0.2, 0.25) is 0 Å². The molecule has 4 rings (SSSR count). The number of anilines is 1. The third kappa shape index (κ3) is 4.04. The van der Waals surface area contributed by atoms with E-state index in [-0.39, 0.29) is 5.56 Å². The number of hydrogen-bond acceptors (Lipinski definition) is 7. The minimum absolute atomic E-state index is 0.0811. The zero-order valence-electron chi connectivity index (χ0n) is 16.8. The van der Waals surface area contributed by atoms with Gasteiger partial charge in [0, 0.05) is 62.7 Å². The van der Waals surface area contributed by atoms with Crippen LogP contribution >= 0.6 is 11.5 Å². The van der Waals surface area contributed by atoms with Gasteiger partial charge >= 0.3 is 0 Å². The first-order chi connectivity index (χ1) is 14.0. The van der Waals surface area contributed by atoms with Crippen LogP contribution in [0.5, 0.6) is 0 Å². The fraction of sp³-hybridized carbons (Fsp3) is 0.381. The number of aromatic nitrogens is 3. The second-order valence-electron chi connectivity index (χ2n) is 7.41. The maximum absolute atomic E-state index is 12.7. The molecule has 1 aliphatic rings. The average Bonchev–Trinajstić information content (AvgIpc) is 3.17. The smallest absolute Gasteiger partial charge is 0.276 e. The Morgan fingerprint density at radius 3 is 2.66 bits per heavy atom. The lowest BCUT2D eigenvalue weighted by atomic mass is 10.2. The Kier molecular flexibility index (Phi) is 5.64. The Morgan fingerprint density at radius 2 is 1.90 bits per heavy atom. The molecule has 0 amide bonds. The number of fused-ring (bicyclic) bond motifs is 1. The van der Waals surface area contributed by atoms with E-state index in [4.69, 9.17) is 5.73 Å². The SMILES string of the molecule is C/C(N)=C(\C)c1nccn(CCN2CCN(c3nsc4ccccc34)CC2)c1=O. The molecular formula is C21H26N6OS. The second kappa shape index (κ2) is 8.34. The summed E-state index contributed by atoms with van der Waals surface area (Å²) in [6, 6.07) is 8.39. The lowest BCUT2D eigenvalue weighted by Gasteiger charge is -2.35. The van der Waals surface area contributed by atoms with E-state index >= 15 is 0 Å². The van der Waals surface area contributed by atoms with Gasteiger partial charge in [0.2, 0.25) is 0 Å². The Balaban J connectivity index is 1.38. The van der Waals surface area contributed by atoms with Crippen LogP contribution < -0.4 is 16.2 Å². The standard InChI is InChI=1S/C21H26N6OS/c1-15(16(2)22)19-21(28)27(8-7-23-19)14-11-25-9-12-26(13-10-25)20-17-5-3-4-6-18(17)29-24-20/h3-8H,9-14,22H2,1-2H3/b16-15-. The zero-order chi connectivity index (χ0) is 20.4. The third-order valence-corrected chi connectivity index (χ3v) is 6.36. The maximum atomic E-state index is 12.7. The number of piperazine rings is 1. The summed E-state index contributed by atoms with van der Waals surface area (Å²) in [6.07, 6.45) is 3.43. The monoisotopic (exact) mass is 410 g/mol. The number of benzene rings is 1. The van der Waals surface area contributed by atoms with Gasteiger partial charge in [0.1, 0.15) is 11.5 Å². The zero-order valence-corrected chi connectivity index (χ0v) is 17.7. The van der Waals surface area contributed by atoms with Crippen LogP contribution in [0.25, 0.3) is 15.7 Å². The summed E-state index contributed by atoms with van der Waals surface area (Å²) in [5, 5.41) is 1.24. The maximum Gasteiger partial charge on any atom is 0.276 e. The molecule has 3 aromatic rings. The summed E-state index contributed by atoms with van der Waals surface area (Å²) in [6.45, 7) is 8.91. The van der Waals surface area contributed by atoms with Crippen LogP contribution in [0.15, 0.2) is 47.2 Å². The predicted molar refractivity (Wildman–Crippen MR) is 119 cm³/mol. The molecule has 2 N–H and O–H groups in total. The van der Waals surface area contributed by atoms with Crippen molar-refractivity contribution in [1.82, 2.24) is 18.8 Å². The fourth-order valence-corrected chi connectivity index (χ4v) is 4.40. The minimum Gasteiger partial charge on any atom is -0.402 e. The first-order valence-electron chi connectivity index (χ1n) is 9.85. The van der Waals surface area contributed by atoms with E-state index in [1.165, 1.54) is 10.1 Å². The number of allylic oxidation sites excluding steroid dienone is 2. The topological polar surface area (TPSA) is 80.3 Å². The Labute approximate surface area is 174 Å². The van der Waals surface area contributed by atoms with Crippen LogP contribution in [0.4, 0.5) is 5.82 Å². The number of nitrogens with two attached hydrogens (primary N) is 1. The molecule has 1 fully saturated rings. The van der Waals surface area contributed by atoms with Gasteiger partial charge in [-0.2, -0.15) is 4.37 Å². The van der Waals surface area contributed by atoms with E-state index in [1.807, 2.05) is 6.92 Å². The van der Waals surface area contributed by atoms with Gasteiger partial charge in [0.25, 0.3) is 5.56 Å². The van der Waals surface area contributed by atoms with Crippen LogP contribution in [-0.4, -0.2) is 51.5 Å². The van der Waals surface area contributed by atoms with Crippen molar-refractivity contribution in [1.29, 1.82) is 0 Å². The summed E-state index contributed by atoms with van der Waals surface area (Å²) in [5.41, 5.74) is 7.56. The molecule has 152 valence electrons. The predicted octanol–water partition coefficient (Wildman–Crippen LogP) is 2.38. The Bertz CT molecular complexity index is 1090. The molecule has 1 aromatic carbocycles. The molecule has 0 unspecified atom stereocenters. The van der Waals surface area contributed by atoms with Crippen molar-refractivity contribution in [2.75, 3.05) is 37.6 Å². The lowest BCUT2D eigenvalue weighted by molar-refractivity contribution is 0.247. The van der Waals surface area contributed by atoms with Crippen molar-refractivity contribution in [2.24, 2.45) is 5.73 Å².